The molecule has 1 heterocycles. The van der Waals surface area contributed by atoms with Crippen LogP contribution in [-0.2, 0) is 6.42 Å². The smallest absolute Gasteiger partial charge is 0.0977 e. The summed E-state index contributed by atoms with van der Waals surface area (Å²) in [5.41, 5.74) is 3.56. The maximum absolute atomic E-state index is 10.6. The topological polar surface area (TPSA) is 33.1 Å². The van der Waals surface area contributed by atoms with Gasteiger partial charge in [0.15, 0.2) is 0 Å². The van der Waals surface area contributed by atoms with Crippen LogP contribution in [0, 0.1) is 0 Å². The highest BCUT2D eigenvalue weighted by atomic mass is 79.9. The van der Waals surface area contributed by atoms with E-state index in [9.17, 15) is 5.11 Å². The molecule has 1 aliphatic carbocycles. The highest BCUT2D eigenvalue weighted by molar-refractivity contribution is 9.11. The molecule has 1 aliphatic rings. The Bertz CT molecular complexity index is 644. The lowest BCUT2D eigenvalue weighted by molar-refractivity contribution is 0.149. The molecule has 2 aromatic rings. The van der Waals surface area contributed by atoms with Crippen molar-refractivity contribution in [2.45, 2.75) is 37.7 Å². The average Bonchev–Trinajstić information content (AvgIpc) is 2.47. The summed E-state index contributed by atoms with van der Waals surface area (Å²) < 4.78 is 1.77. The fourth-order valence-corrected chi connectivity index (χ4v) is 4.40. The van der Waals surface area contributed by atoms with E-state index in [1.165, 1.54) is 17.5 Å². The van der Waals surface area contributed by atoms with Crippen LogP contribution in [0.3, 0.4) is 0 Å². The summed E-state index contributed by atoms with van der Waals surface area (Å²) in [4.78, 5) is 4.36. The number of hydrogen-bond donors (Lipinski definition) is 1. The molecule has 1 aromatic heterocycles. The number of rotatable bonds is 3. The van der Waals surface area contributed by atoms with Gasteiger partial charge in [0.1, 0.15) is 0 Å². The van der Waals surface area contributed by atoms with Gasteiger partial charge in [-0.05, 0) is 80.7 Å². The highest BCUT2D eigenvalue weighted by Crippen LogP contribution is 2.38. The molecule has 0 saturated heterocycles. The number of aliphatic hydroxyl groups excluding tert-OH is 1. The van der Waals surface area contributed by atoms with Crippen molar-refractivity contribution in [2.75, 3.05) is 0 Å². The summed E-state index contributed by atoms with van der Waals surface area (Å²) in [6, 6.07) is 10.5. The summed E-state index contributed by atoms with van der Waals surface area (Å²) >= 11 is 6.88. The van der Waals surface area contributed by atoms with Crippen LogP contribution in [-0.4, -0.2) is 10.1 Å². The molecule has 0 amide bonds. The van der Waals surface area contributed by atoms with E-state index in [4.69, 9.17) is 0 Å². The number of pyridine rings is 1. The minimum atomic E-state index is -0.538. The normalized spacial score (nSPS) is 19.1. The fraction of sp³-hybridized carbons (Fsp3) is 0.353. The van der Waals surface area contributed by atoms with Gasteiger partial charge in [0, 0.05) is 15.1 Å². The molecule has 4 heteroatoms. The maximum Gasteiger partial charge on any atom is 0.0977 e. The molecule has 3 rings (SSSR count). The zero-order valence-corrected chi connectivity index (χ0v) is 14.8. The number of halogens is 2. The Morgan fingerprint density at radius 3 is 2.90 bits per heavy atom. The summed E-state index contributed by atoms with van der Waals surface area (Å²) in [6.45, 7) is 0. The van der Waals surface area contributed by atoms with Gasteiger partial charge in [-0.15, -0.1) is 0 Å². The molecule has 1 N–H and O–H groups in total. The van der Waals surface area contributed by atoms with Crippen LogP contribution in [0.5, 0.6) is 0 Å². The van der Waals surface area contributed by atoms with Crippen LogP contribution in [0.15, 0.2) is 45.5 Å². The number of hydrogen-bond acceptors (Lipinski definition) is 2. The van der Waals surface area contributed by atoms with Crippen molar-refractivity contribution in [3.8, 4) is 0 Å². The van der Waals surface area contributed by atoms with Gasteiger partial charge in [0.05, 0.1) is 11.8 Å². The van der Waals surface area contributed by atoms with E-state index in [0.29, 0.717) is 5.92 Å². The Balaban J connectivity index is 1.81. The minimum Gasteiger partial charge on any atom is -0.387 e. The van der Waals surface area contributed by atoms with Crippen LogP contribution in [0.1, 0.15) is 48.1 Å². The molecule has 0 aliphatic heterocycles. The summed E-state index contributed by atoms with van der Waals surface area (Å²) in [5, 5.41) is 10.6. The molecule has 21 heavy (non-hydrogen) atoms. The van der Waals surface area contributed by atoms with E-state index in [1.54, 1.807) is 6.20 Å². The molecule has 0 saturated carbocycles. The Hall–Kier alpha value is -0.710. The van der Waals surface area contributed by atoms with E-state index in [2.05, 4.69) is 61.1 Å². The predicted molar refractivity (Wildman–Crippen MR) is 91.3 cm³/mol. The van der Waals surface area contributed by atoms with Crippen LogP contribution < -0.4 is 0 Å². The Kier molecular flexibility index (Phi) is 4.77. The van der Waals surface area contributed by atoms with Crippen molar-refractivity contribution in [2.24, 2.45) is 0 Å². The summed E-state index contributed by atoms with van der Waals surface area (Å²) in [6.07, 6.45) is 5.42. The van der Waals surface area contributed by atoms with Crippen molar-refractivity contribution >= 4 is 31.9 Å². The van der Waals surface area contributed by atoms with Crippen molar-refractivity contribution in [3.63, 3.8) is 0 Å². The van der Waals surface area contributed by atoms with Gasteiger partial charge in [-0.2, -0.15) is 0 Å². The molecule has 2 atom stereocenters. The number of aromatic nitrogens is 1. The first kappa shape index (κ1) is 15.2. The zero-order chi connectivity index (χ0) is 14.8. The quantitative estimate of drug-likeness (QED) is 0.758. The molecule has 1 aromatic carbocycles. The van der Waals surface area contributed by atoms with E-state index in [-0.39, 0.29) is 0 Å². The third-order valence-corrected chi connectivity index (χ3v) is 5.22. The van der Waals surface area contributed by atoms with Gasteiger partial charge in [-0.25, -0.2) is 0 Å². The Labute approximate surface area is 141 Å². The van der Waals surface area contributed by atoms with Gasteiger partial charge in [-0.1, -0.05) is 24.3 Å². The number of benzene rings is 1. The van der Waals surface area contributed by atoms with Crippen LogP contribution in [0.2, 0.25) is 0 Å². The van der Waals surface area contributed by atoms with Gasteiger partial charge < -0.3 is 5.11 Å². The number of nitrogens with zero attached hydrogens (tertiary/aromatic N) is 1. The molecular formula is C17H17Br2NO. The minimum absolute atomic E-state index is 0.419. The molecule has 0 bridgehead atoms. The van der Waals surface area contributed by atoms with Crippen LogP contribution in [0.4, 0.5) is 0 Å². The van der Waals surface area contributed by atoms with Crippen molar-refractivity contribution in [1.29, 1.82) is 0 Å². The lowest BCUT2D eigenvalue weighted by atomic mass is 9.79. The average molecular weight is 411 g/mol. The van der Waals surface area contributed by atoms with Gasteiger partial charge in [0.2, 0.25) is 0 Å². The fourth-order valence-electron chi connectivity index (χ4n) is 3.15. The highest BCUT2D eigenvalue weighted by Gasteiger charge is 2.24. The molecule has 2 unspecified atom stereocenters. The first-order valence-electron chi connectivity index (χ1n) is 7.22. The second-order valence-corrected chi connectivity index (χ2v) is 7.33. The van der Waals surface area contributed by atoms with Crippen molar-refractivity contribution < 1.29 is 5.11 Å². The van der Waals surface area contributed by atoms with Gasteiger partial charge >= 0.3 is 0 Å². The third kappa shape index (κ3) is 3.38. The first-order valence-corrected chi connectivity index (χ1v) is 8.80. The van der Waals surface area contributed by atoms with E-state index < -0.39 is 6.10 Å². The molecule has 0 spiro atoms. The lowest BCUT2D eigenvalue weighted by Gasteiger charge is -2.27. The predicted octanol–water partition coefficient (Wildman–Crippen LogP) is 5.15. The molecule has 0 fully saturated rings. The molecule has 0 radical (unpaired) electrons. The number of aliphatic hydroxyl groups is 1. The Morgan fingerprint density at radius 1 is 1.29 bits per heavy atom. The summed E-state index contributed by atoms with van der Waals surface area (Å²) in [5.74, 6) is 0.419. The lowest BCUT2D eigenvalue weighted by Crippen LogP contribution is -2.14. The largest absolute Gasteiger partial charge is 0.387 e. The van der Waals surface area contributed by atoms with E-state index >= 15 is 0 Å². The van der Waals surface area contributed by atoms with Crippen molar-refractivity contribution in [1.82, 2.24) is 4.98 Å². The summed E-state index contributed by atoms with van der Waals surface area (Å²) in [7, 11) is 0. The zero-order valence-electron chi connectivity index (χ0n) is 11.6. The van der Waals surface area contributed by atoms with Gasteiger partial charge in [-0.3, -0.25) is 4.98 Å². The Morgan fingerprint density at radius 2 is 2.10 bits per heavy atom. The number of fused-ring (bicyclic) bond motifs is 1. The third-order valence-electron chi connectivity index (χ3n) is 4.15. The molecule has 110 valence electrons. The monoisotopic (exact) mass is 409 g/mol. The first-order chi connectivity index (χ1) is 10.1. The van der Waals surface area contributed by atoms with E-state index in [1.807, 2.05) is 6.07 Å². The maximum atomic E-state index is 10.6. The van der Waals surface area contributed by atoms with E-state index in [0.717, 1.165) is 33.9 Å². The molecular weight excluding hydrogens is 394 g/mol. The second kappa shape index (κ2) is 6.59. The van der Waals surface area contributed by atoms with Gasteiger partial charge in [0.25, 0.3) is 0 Å². The van der Waals surface area contributed by atoms with Crippen molar-refractivity contribution in [3.05, 3.63) is 62.3 Å². The number of aryl methyl sites for hydroxylation is 1. The van der Waals surface area contributed by atoms with Crippen LogP contribution in [0.25, 0.3) is 0 Å². The standard InChI is InChI=1S/C17H17Br2NO/c18-13-9-15(19)17(20-10-13)16(21)8-12-6-3-5-11-4-1-2-7-14(11)12/h1-2,4,7,9-10,12,16,21H,3,5-6,8H2. The van der Waals surface area contributed by atoms with Crippen LogP contribution >= 0.6 is 31.9 Å². The second-order valence-electron chi connectivity index (χ2n) is 5.56. The SMILES string of the molecule is OC(CC1CCCc2ccccc21)c1ncc(Br)cc1Br. The molecule has 2 nitrogen and oxygen atoms in total.